The Morgan fingerprint density at radius 2 is 1.61 bits per heavy atom. The topological polar surface area (TPSA) is 91.6 Å². The first-order valence-electron chi connectivity index (χ1n) is 10.7. The molecule has 0 fully saturated rings. The number of aromatic hydroxyl groups is 1. The fraction of sp³-hybridized carbons (Fsp3) is 0.208. The summed E-state index contributed by atoms with van der Waals surface area (Å²) in [4.78, 5) is 39.8. The summed E-state index contributed by atoms with van der Waals surface area (Å²) in [6.07, 6.45) is 1.13. The molecule has 5 rings (SSSR count). The Balaban J connectivity index is 1.51. The third-order valence-corrected chi connectivity index (χ3v) is 6.36. The van der Waals surface area contributed by atoms with Crippen molar-refractivity contribution in [2.45, 2.75) is 25.6 Å². The van der Waals surface area contributed by atoms with Crippen molar-refractivity contribution < 1.29 is 36.6 Å². The Kier molecular flexibility index (Phi) is 5.53. The number of hydrogen-bond acceptors (Lipinski definition) is 4. The first kappa shape index (κ1) is 23.5. The molecule has 1 aromatic heterocycles. The number of rotatable bonds is 3. The van der Waals surface area contributed by atoms with Crippen molar-refractivity contribution in [2.24, 2.45) is 0 Å². The van der Waals surface area contributed by atoms with Gasteiger partial charge in [-0.1, -0.05) is 0 Å². The molecule has 0 saturated heterocycles. The molecule has 1 atom stereocenters. The molecular formula is C24H16F5N3O4. The first-order chi connectivity index (χ1) is 17.0. The van der Waals surface area contributed by atoms with Gasteiger partial charge in [0.15, 0.2) is 23.1 Å². The molecular weight excluding hydrogens is 489 g/mol. The minimum Gasteiger partial charge on any atom is -0.503 e. The van der Waals surface area contributed by atoms with E-state index in [1.54, 1.807) is 0 Å². The number of aromatic nitrogens is 1. The van der Waals surface area contributed by atoms with Crippen LogP contribution in [0.5, 0.6) is 5.75 Å². The minimum atomic E-state index is -1.25. The fourth-order valence-corrected chi connectivity index (χ4v) is 4.59. The Labute approximate surface area is 199 Å². The number of pyridine rings is 1. The van der Waals surface area contributed by atoms with E-state index in [0.29, 0.717) is 23.3 Å². The van der Waals surface area contributed by atoms with Crippen LogP contribution in [0.2, 0.25) is 0 Å². The number of fused-ring (bicyclic) bond motifs is 5. The molecule has 0 unspecified atom stereocenters. The third-order valence-electron chi connectivity index (χ3n) is 6.36. The van der Waals surface area contributed by atoms with Gasteiger partial charge in [0.25, 0.3) is 11.8 Å². The lowest BCUT2D eigenvalue weighted by Gasteiger charge is -2.34. The van der Waals surface area contributed by atoms with Crippen LogP contribution in [0, 0.1) is 29.1 Å². The van der Waals surface area contributed by atoms with Gasteiger partial charge in [-0.3, -0.25) is 14.4 Å². The molecule has 186 valence electrons. The van der Waals surface area contributed by atoms with E-state index in [1.807, 2.05) is 0 Å². The predicted octanol–water partition coefficient (Wildman–Crippen LogP) is 2.93. The molecule has 2 aliphatic heterocycles. The van der Waals surface area contributed by atoms with Crippen LogP contribution < -0.4 is 10.7 Å². The zero-order valence-electron chi connectivity index (χ0n) is 18.2. The van der Waals surface area contributed by atoms with Crippen molar-refractivity contribution >= 4 is 11.8 Å². The Morgan fingerprint density at radius 1 is 0.972 bits per heavy atom. The quantitative estimate of drug-likeness (QED) is 0.536. The van der Waals surface area contributed by atoms with Crippen LogP contribution in [-0.2, 0) is 19.5 Å². The number of nitrogens with one attached hydrogen (secondary N) is 1. The average Bonchev–Trinajstić information content (AvgIpc) is 2.96. The Bertz CT molecular complexity index is 1500. The van der Waals surface area contributed by atoms with Crippen molar-refractivity contribution in [1.82, 2.24) is 14.8 Å². The maximum Gasteiger partial charge on any atom is 0.274 e. The number of hydrogen-bond donors (Lipinski definition) is 2. The zero-order valence-corrected chi connectivity index (χ0v) is 18.2. The maximum absolute atomic E-state index is 13.9. The fourth-order valence-electron chi connectivity index (χ4n) is 4.59. The largest absolute Gasteiger partial charge is 0.503 e. The van der Waals surface area contributed by atoms with Crippen LogP contribution >= 0.6 is 0 Å². The van der Waals surface area contributed by atoms with E-state index in [-0.39, 0.29) is 19.5 Å². The second-order valence-corrected chi connectivity index (χ2v) is 8.59. The number of nitrogens with zero attached hydrogens (tertiary/aromatic N) is 2. The molecule has 3 heterocycles. The Morgan fingerprint density at radius 3 is 2.28 bits per heavy atom. The van der Waals surface area contributed by atoms with Crippen LogP contribution in [-0.4, -0.2) is 32.9 Å². The second kappa shape index (κ2) is 8.47. The van der Waals surface area contributed by atoms with Gasteiger partial charge in [-0.2, -0.15) is 0 Å². The van der Waals surface area contributed by atoms with E-state index in [4.69, 9.17) is 0 Å². The summed E-state index contributed by atoms with van der Waals surface area (Å²) >= 11 is 0. The summed E-state index contributed by atoms with van der Waals surface area (Å²) in [6.45, 7) is -0.737. The number of carbonyl (C=O) groups excluding carboxylic acids is 2. The molecule has 0 saturated carbocycles. The smallest absolute Gasteiger partial charge is 0.274 e. The molecule has 36 heavy (non-hydrogen) atoms. The number of halogens is 5. The van der Waals surface area contributed by atoms with E-state index in [1.165, 1.54) is 9.47 Å². The molecule has 2 amide bonds. The summed E-state index contributed by atoms with van der Waals surface area (Å²) in [5.74, 6) is -8.66. The monoisotopic (exact) mass is 505 g/mol. The molecule has 7 nitrogen and oxygen atoms in total. The van der Waals surface area contributed by atoms with Gasteiger partial charge < -0.3 is 19.9 Å². The summed E-state index contributed by atoms with van der Waals surface area (Å²) < 4.78 is 69.8. The van der Waals surface area contributed by atoms with E-state index in [2.05, 4.69) is 5.32 Å². The highest BCUT2D eigenvalue weighted by molar-refractivity contribution is 5.99. The van der Waals surface area contributed by atoms with Crippen molar-refractivity contribution in [1.29, 1.82) is 0 Å². The molecule has 3 aromatic rings. The van der Waals surface area contributed by atoms with Crippen LogP contribution in [0.1, 0.15) is 43.6 Å². The van der Waals surface area contributed by atoms with Gasteiger partial charge in [-0.25, -0.2) is 22.0 Å². The highest BCUT2D eigenvalue weighted by Gasteiger charge is 2.38. The van der Waals surface area contributed by atoms with Gasteiger partial charge in [0, 0.05) is 43.5 Å². The van der Waals surface area contributed by atoms with Crippen molar-refractivity contribution in [3.8, 4) is 5.75 Å². The maximum atomic E-state index is 13.9. The lowest BCUT2D eigenvalue weighted by molar-refractivity contribution is 0.0653. The van der Waals surface area contributed by atoms with E-state index < -0.39 is 81.5 Å². The Hall–Kier alpha value is -4.22. The summed E-state index contributed by atoms with van der Waals surface area (Å²) in [7, 11) is 0. The van der Waals surface area contributed by atoms with Crippen LogP contribution in [0.3, 0.4) is 0 Å². The highest BCUT2D eigenvalue weighted by Crippen LogP contribution is 2.34. The molecule has 0 radical (unpaired) electrons. The first-order valence-corrected chi connectivity index (χ1v) is 10.7. The molecule has 12 heteroatoms. The molecule has 2 N–H and O–H groups in total. The van der Waals surface area contributed by atoms with E-state index in [9.17, 15) is 41.4 Å². The lowest BCUT2D eigenvalue weighted by atomic mass is 10.0. The van der Waals surface area contributed by atoms with Gasteiger partial charge in [0.05, 0.1) is 6.04 Å². The number of carbonyl (C=O) groups is 2. The van der Waals surface area contributed by atoms with Gasteiger partial charge in [-0.05, 0) is 29.7 Å². The predicted molar refractivity (Wildman–Crippen MR) is 114 cm³/mol. The van der Waals surface area contributed by atoms with Crippen molar-refractivity contribution in [3.63, 3.8) is 0 Å². The second-order valence-electron chi connectivity index (χ2n) is 8.59. The van der Waals surface area contributed by atoms with E-state index >= 15 is 0 Å². The molecule has 0 spiro atoms. The normalized spacial score (nSPS) is 16.3. The molecule has 0 aliphatic carbocycles. The summed E-state index contributed by atoms with van der Waals surface area (Å²) in [6, 6.07) is 2.21. The number of benzene rings is 2. The minimum absolute atomic E-state index is 0.0686. The van der Waals surface area contributed by atoms with Gasteiger partial charge in [-0.15, -0.1) is 0 Å². The lowest BCUT2D eigenvalue weighted by Crippen LogP contribution is -2.44. The zero-order chi connectivity index (χ0) is 25.9. The van der Waals surface area contributed by atoms with Crippen LogP contribution in [0.15, 0.2) is 35.3 Å². The van der Waals surface area contributed by atoms with Crippen LogP contribution in [0.4, 0.5) is 22.0 Å². The highest BCUT2D eigenvalue weighted by atomic mass is 19.2. The molecule has 2 aliphatic rings. The third kappa shape index (κ3) is 3.78. The van der Waals surface area contributed by atoms with Crippen LogP contribution in [0.25, 0.3) is 0 Å². The average molecular weight is 505 g/mol. The standard InChI is InChI=1S/C24H16F5N3O4/c25-12-4-16(26)14(17(27)5-12)6-30-23(35)15-9-32-13-1-10-2-18(28)19(29)3-11(10)7-31(8-13)24(36)20(32)22(34)21(15)33/h2-5,9,13,34H,1,6-8H2,(H,30,35)/t13-/m1/s1. The van der Waals surface area contributed by atoms with Gasteiger partial charge >= 0.3 is 0 Å². The van der Waals surface area contributed by atoms with E-state index in [0.717, 1.165) is 18.3 Å². The summed E-state index contributed by atoms with van der Waals surface area (Å²) in [5.41, 5.74) is -2.07. The molecule has 2 aromatic carbocycles. The molecule has 2 bridgehead atoms. The SMILES string of the molecule is O=C(NCc1c(F)cc(F)cc1F)c1cn2c(c(O)c1=O)C(=O)N1Cc3cc(F)c(F)cc3C[C@@H]2C1. The van der Waals surface area contributed by atoms with Gasteiger partial charge in [0.2, 0.25) is 5.43 Å². The van der Waals surface area contributed by atoms with Gasteiger partial charge in [0.1, 0.15) is 23.0 Å². The van der Waals surface area contributed by atoms with Crippen molar-refractivity contribution in [2.75, 3.05) is 6.54 Å². The number of amides is 2. The van der Waals surface area contributed by atoms with Crippen molar-refractivity contribution in [3.05, 3.63) is 97.7 Å². The summed E-state index contributed by atoms with van der Waals surface area (Å²) in [5, 5.41) is 12.7.